The molecule has 3 heterocycles. The van der Waals surface area contributed by atoms with Crippen molar-refractivity contribution < 1.29 is 24.2 Å². The highest BCUT2D eigenvalue weighted by molar-refractivity contribution is 6.33. The van der Waals surface area contributed by atoms with E-state index in [9.17, 15) is 14.7 Å². The first-order chi connectivity index (χ1) is 19.0. The quantitative estimate of drug-likeness (QED) is 0.370. The number of anilines is 1. The number of para-hydroxylation sites is 1. The van der Waals surface area contributed by atoms with Crippen molar-refractivity contribution in [1.82, 2.24) is 20.2 Å². The molecule has 1 saturated heterocycles. The van der Waals surface area contributed by atoms with Gasteiger partial charge in [0, 0.05) is 42.5 Å². The van der Waals surface area contributed by atoms with Crippen molar-refractivity contribution in [3.63, 3.8) is 0 Å². The molecule has 0 radical (unpaired) electrons. The lowest BCUT2D eigenvalue weighted by atomic mass is 10.0. The first-order valence-electron chi connectivity index (χ1n) is 12.8. The number of carbonyl (C=O) groups is 2. The van der Waals surface area contributed by atoms with Crippen LogP contribution in [0.1, 0.15) is 40.4 Å². The van der Waals surface area contributed by atoms with Crippen molar-refractivity contribution in [2.45, 2.75) is 31.5 Å². The van der Waals surface area contributed by atoms with Crippen LogP contribution in [0.3, 0.4) is 0 Å². The number of aliphatic hydroxyl groups excluding tert-OH is 1. The Hall–Kier alpha value is -3.73. The second kappa shape index (κ2) is 12.0. The van der Waals surface area contributed by atoms with Crippen molar-refractivity contribution >= 4 is 29.4 Å². The molecule has 3 aromatic rings. The Labute approximate surface area is 231 Å². The summed E-state index contributed by atoms with van der Waals surface area (Å²) in [6.07, 6.45) is 3.29. The Balaban J connectivity index is 1.28. The van der Waals surface area contributed by atoms with Crippen LogP contribution < -0.4 is 15.4 Å². The van der Waals surface area contributed by atoms with E-state index in [0.29, 0.717) is 58.9 Å². The Bertz CT molecular complexity index is 1360. The average Bonchev–Trinajstić information content (AvgIpc) is 3.27. The van der Waals surface area contributed by atoms with Gasteiger partial charge < -0.3 is 30.1 Å². The van der Waals surface area contributed by atoms with Gasteiger partial charge in [0.2, 0.25) is 11.9 Å². The number of hydrogen-bond donors (Lipinski definition) is 3. The molecule has 5 rings (SSSR count). The summed E-state index contributed by atoms with van der Waals surface area (Å²) in [6.45, 7) is 1.23. The number of aliphatic hydroxyl groups is 1. The third-order valence-corrected chi connectivity index (χ3v) is 7.20. The number of carbonyl (C=O) groups excluding carboxylic acids is 2. The van der Waals surface area contributed by atoms with E-state index in [2.05, 4.69) is 20.6 Å². The fourth-order valence-electron chi connectivity index (χ4n) is 4.89. The summed E-state index contributed by atoms with van der Waals surface area (Å²) in [6, 6.07) is 12.2. The second-order valence-electron chi connectivity index (χ2n) is 9.50. The highest BCUT2D eigenvalue weighted by atomic mass is 35.5. The van der Waals surface area contributed by atoms with Gasteiger partial charge in [-0.05, 0) is 30.5 Å². The normalized spacial score (nSPS) is 16.1. The number of amides is 2. The van der Waals surface area contributed by atoms with Gasteiger partial charge in [0.05, 0.1) is 36.7 Å². The van der Waals surface area contributed by atoms with Crippen molar-refractivity contribution in [3.05, 3.63) is 70.4 Å². The summed E-state index contributed by atoms with van der Waals surface area (Å²) in [7, 11) is 1.53. The van der Waals surface area contributed by atoms with Gasteiger partial charge in [-0.1, -0.05) is 41.9 Å². The average molecular weight is 552 g/mol. The highest BCUT2D eigenvalue weighted by Crippen LogP contribution is 2.32. The fourth-order valence-corrected chi connectivity index (χ4v) is 5.09. The Morgan fingerprint density at radius 3 is 2.82 bits per heavy atom. The molecule has 1 fully saturated rings. The number of rotatable bonds is 9. The second-order valence-corrected chi connectivity index (χ2v) is 9.91. The number of methoxy groups -OCH3 is 1. The van der Waals surface area contributed by atoms with E-state index in [1.807, 2.05) is 18.2 Å². The van der Waals surface area contributed by atoms with E-state index in [-0.39, 0.29) is 31.0 Å². The fraction of sp³-hybridized carbons (Fsp3) is 0.357. The smallest absolute Gasteiger partial charge is 0.254 e. The summed E-state index contributed by atoms with van der Waals surface area (Å²) in [4.78, 5) is 36.5. The maximum atomic E-state index is 13.2. The number of ether oxygens (including phenoxy) is 2. The molecule has 1 unspecified atom stereocenters. The molecule has 1 atom stereocenters. The molecule has 0 spiro atoms. The van der Waals surface area contributed by atoms with Crippen LogP contribution in [0.15, 0.2) is 48.7 Å². The van der Waals surface area contributed by atoms with E-state index in [1.165, 1.54) is 12.0 Å². The molecule has 0 aliphatic carbocycles. The van der Waals surface area contributed by atoms with E-state index in [1.54, 1.807) is 30.5 Å². The molecule has 10 nitrogen and oxygen atoms in total. The SMILES string of the molecule is COc1ccccc1C(CO)NC(=O)CN1Cc2ccc(-c3nc(NC4CCOCC4)ncc3Cl)cc2C1=O. The predicted molar refractivity (Wildman–Crippen MR) is 146 cm³/mol. The lowest BCUT2D eigenvalue weighted by molar-refractivity contribution is -0.122. The number of fused-ring (bicyclic) bond motifs is 1. The van der Waals surface area contributed by atoms with Crippen LogP contribution in [-0.4, -0.2) is 71.3 Å². The lowest BCUT2D eigenvalue weighted by Crippen LogP contribution is -2.40. The molecule has 2 aromatic carbocycles. The molecule has 0 bridgehead atoms. The van der Waals surface area contributed by atoms with Gasteiger partial charge in [-0.2, -0.15) is 0 Å². The zero-order valence-corrected chi connectivity index (χ0v) is 22.3. The number of benzene rings is 2. The number of nitrogens with zero attached hydrogens (tertiary/aromatic N) is 3. The highest BCUT2D eigenvalue weighted by Gasteiger charge is 2.30. The monoisotopic (exact) mass is 551 g/mol. The van der Waals surface area contributed by atoms with Gasteiger partial charge in [-0.15, -0.1) is 0 Å². The molecule has 11 heteroatoms. The van der Waals surface area contributed by atoms with Crippen LogP contribution in [0.25, 0.3) is 11.3 Å². The van der Waals surface area contributed by atoms with Crippen molar-refractivity contribution in [1.29, 1.82) is 0 Å². The van der Waals surface area contributed by atoms with Crippen LogP contribution >= 0.6 is 11.6 Å². The minimum Gasteiger partial charge on any atom is -0.496 e. The largest absolute Gasteiger partial charge is 0.496 e. The Morgan fingerprint density at radius 2 is 2.05 bits per heavy atom. The van der Waals surface area contributed by atoms with Crippen LogP contribution in [0, 0.1) is 0 Å². The molecule has 3 N–H and O–H groups in total. The van der Waals surface area contributed by atoms with Gasteiger partial charge in [0.25, 0.3) is 5.91 Å². The summed E-state index contributed by atoms with van der Waals surface area (Å²) in [5.41, 5.74) is 3.18. The number of aromatic nitrogens is 2. The molecule has 2 aliphatic heterocycles. The van der Waals surface area contributed by atoms with Crippen LogP contribution in [0.4, 0.5) is 5.95 Å². The van der Waals surface area contributed by atoms with E-state index in [0.717, 1.165) is 18.4 Å². The summed E-state index contributed by atoms with van der Waals surface area (Å²) >= 11 is 6.44. The molecule has 2 aliphatic rings. The molecule has 204 valence electrons. The van der Waals surface area contributed by atoms with Crippen LogP contribution in [-0.2, 0) is 16.1 Å². The number of nitrogens with one attached hydrogen (secondary N) is 2. The topological polar surface area (TPSA) is 126 Å². The van der Waals surface area contributed by atoms with Crippen molar-refractivity contribution in [2.24, 2.45) is 0 Å². The van der Waals surface area contributed by atoms with Gasteiger partial charge >= 0.3 is 0 Å². The van der Waals surface area contributed by atoms with E-state index < -0.39 is 6.04 Å². The predicted octanol–water partition coefficient (Wildman–Crippen LogP) is 3.20. The number of hydrogen-bond acceptors (Lipinski definition) is 8. The molecule has 1 aromatic heterocycles. The van der Waals surface area contributed by atoms with E-state index >= 15 is 0 Å². The molecule has 39 heavy (non-hydrogen) atoms. The summed E-state index contributed by atoms with van der Waals surface area (Å²) in [5.74, 6) is 0.387. The van der Waals surface area contributed by atoms with Crippen molar-refractivity contribution in [2.75, 3.05) is 38.8 Å². The van der Waals surface area contributed by atoms with Gasteiger partial charge in [-0.25, -0.2) is 9.97 Å². The Kier molecular flexibility index (Phi) is 8.25. The third kappa shape index (κ3) is 5.98. The third-order valence-electron chi connectivity index (χ3n) is 6.93. The van der Waals surface area contributed by atoms with E-state index in [4.69, 9.17) is 21.1 Å². The molecule has 0 saturated carbocycles. The van der Waals surface area contributed by atoms with Crippen molar-refractivity contribution in [3.8, 4) is 17.0 Å². The molecular formula is C28H30ClN5O5. The maximum Gasteiger partial charge on any atom is 0.254 e. The Morgan fingerprint density at radius 1 is 1.26 bits per heavy atom. The summed E-state index contributed by atoms with van der Waals surface area (Å²) in [5, 5.41) is 16.4. The first-order valence-corrected chi connectivity index (χ1v) is 13.2. The zero-order chi connectivity index (χ0) is 27.4. The minimum atomic E-state index is -0.663. The summed E-state index contributed by atoms with van der Waals surface area (Å²) < 4.78 is 10.8. The molecular weight excluding hydrogens is 522 g/mol. The number of halogens is 1. The minimum absolute atomic E-state index is 0.151. The zero-order valence-electron chi connectivity index (χ0n) is 21.5. The maximum absolute atomic E-state index is 13.2. The van der Waals surface area contributed by atoms with Crippen LogP contribution in [0.5, 0.6) is 5.75 Å². The van der Waals surface area contributed by atoms with Gasteiger partial charge in [-0.3, -0.25) is 9.59 Å². The van der Waals surface area contributed by atoms with Gasteiger partial charge in [0.15, 0.2) is 0 Å². The first kappa shape index (κ1) is 26.9. The standard InChI is InChI=1S/C28H30ClN5O5/c1-38-24-5-3-2-4-20(24)23(16-35)32-25(36)15-34-14-18-7-6-17(12-21(18)27(34)37)26-22(29)13-30-28(33-26)31-19-8-10-39-11-9-19/h2-7,12-13,19,23,35H,8-11,14-16H2,1H3,(H,32,36)(H,30,31,33). The van der Waals surface area contributed by atoms with Crippen LogP contribution in [0.2, 0.25) is 5.02 Å². The van der Waals surface area contributed by atoms with Gasteiger partial charge in [0.1, 0.15) is 12.3 Å². The lowest BCUT2D eigenvalue weighted by Gasteiger charge is -2.23. The molecule has 2 amide bonds.